The Balaban J connectivity index is 1.97. The van der Waals surface area contributed by atoms with Crippen LogP contribution in [-0.4, -0.2) is 31.2 Å². The predicted molar refractivity (Wildman–Crippen MR) is 106 cm³/mol. The topological polar surface area (TPSA) is 0 Å². The fourth-order valence-electron chi connectivity index (χ4n) is 3.27. The number of quaternary nitrogens is 1. The Morgan fingerprint density at radius 3 is 2.42 bits per heavy atom. The van der Waals surface area contributed by atoms with Gasteiger partial charge in [-0.1, -0.05) is 53.7 Å². The van der Waals surface area contributed by atoms with Gasteiger partial charge in [-0.05, 0) is 49.6 Å². The van der Waals surface area contributed by atoms with Crippen molar-refractivity contribution in [2.45, 2.75) is 37.0 Å². The third-order valence-corrected chi connectivity index (χ3v) is 6.52. The van der Waals surface area contributed by atoms with Crippen molar-refractivity contribution in [3.8, 4) is 0 Å². The van der Waals surface area contributed by atoms with Gasteiger partial charge >= 0.3 is 0 Å². The average Bonchev–Trinajstić information content (AvgIpc) is 2.61. The summed E-state index contributed by atoms with van der Waals surface area (Å²) >= 11 is 1.90. The molecule has 1 nitrogen and oxygen atoms in total. The van der Waals surface area contributed by atoms with Crippen molar-refractivity contribution in [1.29, 1.82) is 0 Å². The molecule has 0 unspecified atom stereocenters. The lowest BCUT2D eigenvalue weighted by Crippen LogP contribution is -2.44. The molecular weight excluding hydrogens is 310 g/mol. The molecule has 0 spiro atoms. The van der Waals surface area contributed by atoms with E-state index in [1.165, 1.54) is 51.7 Å². The number of hydrogen-bond donors (Lipinski definition) is 0. The highest BCUT2D eigenvalue weighted by Crippen LogP contribution is 2.45. The van der Waals surface area contributed by atoms with E-state index in [-0.39, 0.29) is 0 Å². The Bertz CT molecular complexity index is 756. The largest absolute Gasteiger partial charge is 0.326 e. The molecule has 0 atom stereocenters. The number of nitrogens with zero attached hydrogens (tertiary/aromatic N) is 1. The van der Waals surface area contributed by atoms with Crippen LogP contribution in [0.1, 0.15) is 37.0 Å². The van der Waals surface area contributed by atoms with Crippen LogP contribution in [0.5, 0.6) is 0 Å². The molecule has 3 rings (SSSR count). The van der Waals surface area contributed by atoms with E-state index < -0.39 is 0 Å². The lowest BCUT2D eigenvalue weighted by Gasteiger charge is -2.32. The monoisotopic (exact) mass is 338 g/mol. The van der Waals surface area contributed by atoms with Crippen LogP contribution in [-0.2, 0) is 0 Å². The van der Waals surface area contributed by atoms with E-state index in [9.17, 15) is 0 Å². The highest BCUT2D eigenvalue weighted by atomic mass is 32.2. The molecule has 0 aliphatic carbocycles. The second-order valence-corrected chi connectivity index (χ2v) is 8.06. The Hall–Kier alpha value is -1.51. The number of rotatable bonds is 5. The van der Waals surface area contributed by atoms with Crippen molar-refractivity contribution in [1.82, 2.24) is 0 Å². The molecule has 0 saturated carbocycles. The Morgan fingerprint density at radius 1 is 0.958 bits per heavy atom. The number of hydrogen-bond acceptors (Lipinski definition) is 1. The molecule has 24 heavy (non-hydrogen) atoms. The van der Waals surface area contributed by atoms with Gasteiger partial charge in [0.2, 0.25) is 0 Å². The normalized spacial score (nSPS) is 15.2. The second-order valence-electron chi connectivity index (χ2n) is 6.98. The van der Waals surface area contributed by atoms with Gasteiger partial charge in [-0.2, -0.15) is 0 Å². The van der Waals surface area contributed by atoms with Crippen molar-refractivity contribution in [2.24, 2.45) is 0 Å². The molecule has 1 heterocycles. The Kier molecular flexibility index (Phi) is 5.17. The molecule has 0 fully saturated rings. The second kappa shape index (κ2) is 7.16. The first-order valence-electron chi connectivity index (χ1n) is 8.98. The van der Waals surface area contributed by atoms with Crippen molar-refractivity contribution < 1.29 is 4.48 Å². The summed E-state index contributed by atoms with van der Waals surface area (Å²) in [4.78, 5) is 2.76. The summed E-state index contributed by atoms with van der Waals surface area (Å²) in [6.07, 6.45) is 3.60. The van der Waals surface area contributed by atoms with Gasteiger partial charge in [-0.3, -0.25) is 0 Å². The fraction of sp³-hybridized carbons (Fsp3) is 0.364. The average molecular weight is 339 g/mol. The Morgan fingerprint density at radius 2 is 1.67 bits per heavy atom. The minimum absolute atomic E-state index is 1.12. The standard InChI is InChI=1S/C22H28NS/c1-5-23(4,6-2)15-9-11-18-19-10-7-8-12-21(19)24-22-14-13-17(3)16-20(18)22/h7-8,10-14,16H,5-6,9,15H2,1-4H3/q+1/b18-11-. The molecule has 0 saturated heterocycles. The maximum absolute atomic E-state index is 2.47. The van der Waals surface area contributed by atoms with E-state index in [4.69, 9.17) is 0 Å². The van der Waals surface area contributed by atoms with Crippen molar-refractivity contribution in [3.63, 3.8) is 0 Å². The lowest BCUT2D eigenvalue weighted by atomic mass is 9.95. The SMILES string of the molecule is CC[N+](C)(CC)CC/C=C1/c2ccccc2Sc2ccc(C)cc21. The number of aryl methyl sites for hydroxylation is 1. The van der Waals surface area contributed by atoms with E-state index in [1.54, 1.807) is 0 Å². The van der Waals surface area contributed by atoms with Crippen molar-refractivity contribution in [2.75, 3.05) is 26.7 Å². The molecule has 0 amide bonds. The molecule has 1 aliphatic rings. The fourth-order valence-corrected chi connectivity index (χ4v) is 4.35. The Labute approximate surface area is 151 Å². The van der Waals surface area contributed by atoms with Gasteiger partial charge in [0.1, 0.15) is 0 Å². The van der Waals surface area contributed by atoms with Gasteiger partial charge in [-0.25, -0.2) is 0 Å². The minimum Gasteiger partial charge on any atom is -0.326 e. The van der Waals surface area contributed by atoms with Crippen LogP contribution in [0.15, 0.2) is 58.3 Å². The first-order chi connectivity index (χ1) is 11.6. The smallest absolute Gasteiger partial charge is 0.0819 e. The molecule has 0 aromatic heterocycles. The van der Waals surface area contributed by atoms with E-state index in [0.29, 0.717) is 0 Å². The summed E-state index contributed by atoms with van der Waals surface area (Å²) in [7, 11) is 2.36. The molecule has 0 bridgehead atoms. The minimum atomic E-state index is 1.12. The van der Waals surface area contributed by atoms with E-state index >= 15 is 0 Å². The lowest BCUT2D eigenvalue weighted by molar-refractivity contribution is -0.905. The van der Waals surface area contributed by atoms with Gasteiger partial charge < -0.3 is 4.48 Å². The van der Waals surface area contributed by atoms with E-state index in [0.717, 1.165) is 10.9 Å². The van der Waals surface area contributed by atoms with E-state index in [1.807, 2.05) is 11.8 Å². The molecule has 1 aliphatic heterocycles. The van der Waals surface area contributed by atoms with Gasteiger partial charge in [0.05, 0.1) is 26.7 Å². The molecular formula is C22H28NS+. The van der Waals surface area contributed by atoms with Gasteiger partial charge in [0.25, 0.3) is 0 Å². The summed E-state index contributed by atoms with van der Waals surface area (Å²) in [5.41, 5.74) is 5.55. The third-order valence-electron chi connectivity index (χ3n) is 5.37. The molecule has 2 aromatic carbocycles. The van der Waals surface area contributed by atoms with Crippen LogP contribution in [0.2, 0.25) is 0 Å². The quantitative estimate of drug-likeness (QED) is 0.532. The summed E-state index contributed by atoms with van der Waals surface area (Å²) in [6, 6.07) is 15.7. The highest BCUT2D eigenvalue weighted by molar-refractivity contribution is 7.99. The van der Waals surface area contributed by atoms with Crippen LogP contribution in [0.25, 0.3) is 5.57 Å². The zero-order chi connectivity index (χ0) is 17.2. The molecule has 2 aromatic rings. The summed E-state index contributed by atoms with van der Waals surface area (Å²) < 4.78 is 1.14. The third kappa shape index (κ3) is 3.45. The van der Waals surface area contributed by atoms with E-state index in [2.05, 4.69) is 76.4 Å². The van der Waals surface area contributed by atoms with Gasteiger partial charge in [0, 0.05) is 16.2 Å². The number of benzene rings is 2. The molecule has 2 heteroatoms. The van der Waals surface area contributed by atoms with Crippen molar-refractivity contribution >= 4 is 17.3 Å². The first-order valence-corrected chi connectivity index (χ1v) is 9.80. The summed E-state index contributed by atoms with van der Waals surface area (Å²) in [5, 5.41) is 0. The summed E-state index contributed by atoms with van der Waals surface area (Å²) in [6.45, 7) is 10.4. The number of fused-ring (bicyclic) bond motifs is 2. The molecule has 0 N–H and O–H groups in total. The van der Waals surface area contributed by atoms with Crippen molar-refractivity contribution in [3.05, 3.63) is 65.2 Å². The van der Waals surface area contributed by atoms with Crippen LogP contribution >= 0.6 is 11.8 Å². The highest BCUT2D eigenvalue weighted by Gasteiger charge is 2.21. The van der Waals surface area contributed by atoms with Crippen LogP contribution in [0.4, 0.5) is 0 Å². The van der Waals surface area contributed by atoms with Gasteiger partial charge in [0.15, 0.2) is 0 Å². The maximum atomic E-state index is 2.47. The van der Waals surface area contributed by atoms with Crippen LogP contribution in [0.3, 0.4) is 0 Å². The summed E-state index contributed by atoms with van der Waals surface area (Å²) in [5.74, 6) is 0. The maximum Gasteiger partial charge on any atom is 0.0819 e. The molecule has 0 radical (unpaired) electrons. The van der Waals surface area contributed by atoms with Crippen LogP contribution < -0.4 is 0 Å². The predicted octanol–water partition coefficient (Wildman–Crippen LogP) is 5.77. The molecule has 126 valence electrons. The van der Waals surface area contributed by atoms with Gasteiger partial charge in [-0.15, -0.1) is 0 Å². The van der Waals surface area contributed by atoms with Crippen LogP contribution in [0, 0.1) is 6.92 Å². The zero-order valence-corrected chi connectivity index (χ0v) is 16.1. The zero-order valence-electron chi connectivity index (χ0n) is 15.3. The first kappa shape index (κ1) is 17.3.